The SMILES string of the molecule is CCc1nnc(-c2cc(Cl)c[nH]2)s1. The second-order valence-corrected chi connectivity index (χ2v) is 4.08. The molecule has 0 radical (unpaired) electrons. The number of aromatic nitrogens is 3. The van der Waals surface area contributed by atoms with Crippen molar-refractivity contribution in [3.8, 4) is 10.7 Å². The van der Waals surface area contributed by atoms with Gasteiger partial charge in [-0.15, -0.1) is 10.2 Å². The van der Waals surface area contributed by atoms with Gasteiger partial charge in [-0.2, -0.15) is 0 Å². The Morgan fingerprint density at radius 3 is 2.92 bits per heavy atom. The second kappa shape index (κ2) is 3.47. The molecule has 2 aromatic rings. The van der Waals surface area contributed by atoms with Gasteiger partial charge in [0.15, 0.2) is 5.01 Å². The van der Waals surface area contributed by atoms with Crippen LogP contribution in [0.15, 0.2) is 12.3 Å². The fourth-order valence-electron chi connectivity index (χ4n) is 0.997. The maximum Gasteiger partial charge on any atom is 0.164 e. The molecule has 1 N–H and O–H groups in total. The summed E-state index contributed by atoms with van der Waals surface area (Å²) >= 11 is 7.36. The number of nitrogens with zero attached hydrogens (tertiary/aromatic N) is 2. The monoisotopic (exact) mass is 213 g/mol. The molecular formula is C8H8ClN3S. The molecule has 0 unspecified atom stereocenters. The average Bonchev–Trinajstić information content (AvgIpc) is 2.71. The van der Waals surface area contributed by atoms with E-state index in [1.165, 1.54) is 0 Å². The van der Waals surface area contributed by atoms with E-state index in [1.807, 2.05) is 6.07 Å². The fourth-order valence-corrected chi connectivity index (χ4v) is 1.92. The van der Waals surface area contributed by atoms with Crippen molar-refractivity contribution >= 4 is 22.9 Å². The van der Waals surface area contributed by atoms with Crippen LogP contribution in [-0.4, -0.2) is 15.2 Å². The van der Waals surface area contributed by atoms with Crippen LogP contribution < -0.4 is 0 Å². The maximum absolute atomic E-state index is 5.78. The van der Waals surface area contributed by atoms with Crippen LogP contribution in [0.1, 0.15) is 11.9 Å². The van der Waals surface area contributed by atoms with Gasteiger partial charge in [0.05, 0.1) is 10.7 Å². The third kappa shape index (κ3) is 1.73. The molecule has 68 valence electrons. The zero-order chi connectivity index (χ0) is 9.26. The lowest BCUT2D eigenvalue weighted by Crippen LogP contribution is -1.76. The lowest BCUT2D eigenvalue weighted by Gasteiger charge is -1.84. The topological polar surface area (TPSA) is 41.6 Å². The number of nitrogens with one attached hydrogen (secondary N) is 1. The molecular weight excluding hydrogens is 206 g/mol. The van der Waals surface area contributed by atoms with Gasteiger partial charge in [-0.3, -0.25) is 0 Å². The Bertz CT molecular complexity index is 407. The summed E-state index contributed by atoms with van der Waals surface area (Å²) in [6.45, 7) is 2.06. The standard InChI is InChI=1S/C8H8ClN3S/c1-2-7-11-12-8(13-7)6-3-5(9)4-10-6/h3-4,10H,2H2,1H3. The molecule has 0 aliphatic rings. The first-order valence-corrected chi connectivity index (χ1v) is 5.15. The van der Waals surface area contributed by atoms with E-state index in [1.54, 1.807) is 17.5 Å². The van der Waals surface area contributed by atoms with Crippen molar-refractivity contribution in [1.29, 1.82) is 0 Å². The van der Waals surface area contributed by atoms with Crippen molar-refractivity contribution in [3.05, 3.63) is 22.3 Å². The highest BCUT2D eigenvalue weighted by molar-refractivity contribution is 7.14. The number of rotatable bonds is 2. The summed E-state index contributed by atoms with van der Waals surface area (Å²) < 4.78 is 0. The van der Waals surface area contributed by atoms with Crippen LogP contribution in [0.2, 0.25) is 5.02 Å². The van der Waals surface area contributed by atoms with Gasteiger partial charge >= 0.3 is 0 Å². The summed E-state index contributed by atoms with van der Waals surface area (Å²) in [7, 11) is 0. The molecule has 0 bridgehead atoms. The molecule has 2 heterocycles. The minimum Gasteiger partial charge on any atom is -0.358 e. The highest BCUT2D eigenvalue weighted by Gasteiger charge is 2.06. The van der Waals surface area contributed by atoms with Gasteiger partial charge in [0.25, 0.3) is 0 Å². The molecule has 0 saturated heterocycles. The van der Waals surface area contributed by atoms with E-state index in [0.29, 0.717) is 5.02 Å². The Morgan fingerprint density at radius 1 is 1.54 bits per heavy atom. The highest BCUT2D eigenvalue weighted by Crippen LogP contribution is 2.24. The van der Waals surface area contributed by atoms with E-state index in [-0.39, 0.29) is 0 Å². The van der Waals surface area contributed by atoms with Gasteiger partial charge in [0.1, 0.15) is 5.01 Å². The predicted octanol–water partition coefficient (Wildman–Crippen LogP) is 2.75. The summed E-state index contributed by atoms with van der Waals surface area (Å²) in [4.78, 5) is 3.04. The Kier molecular flexibility index (Phi) is 2.33. The first-order valence-electron chi connectivity index (χ1n) is 3.96. The van der Waals surface area contributed by atoms with Gasteiger partial charge in [-0.25, -0.2) is 0 Å². The number of aromatic amines is 1. The van der Waals surface area contributed by atoms with Gasteiger partial charge in [-0.05, 0) is 12.5 Å². The van der Waals surface area contributed by atoms with Crippen LogP contribution >= 0.6 is 22.9 Å². The van der Waals surface area contributed by atoms with E-state index < -0.39 is 0 Å². The Morgan fingerprint density at radius 2 is 2.38 bits per heavy atom. The van der Waals surface area contributed by atoms with Crippen molar-refractivity contribution in [3.63, 3.8) is 0 Å². The van der Waals surface area contributed by atoms with E-state index >= 15 is 0 Å². The van der Waals surface area contributed by atoms with Crippen LogP contribution in [0.5, 0.6) is 0 Å². The summed E-state index contributed by atoms with van der Waals surface area (Å²) in [5.41, 5.74) is 0.933. The van der Waals surface area contributed by atoms with Crippen LogP contribution in [0.3, 0.4) is 0 Å². The highest BCUT2D eigenvalue weighted by atomic mass is 35.5. The third-order valence-corrected chi connectivity index (χ3v) is 2.97. The molecule has 0 saturated carbocycles. The van der Waals surface area contributed by atoms with E-state index in [0.717, 1.165) is 22.1 Å². The Balaban J connectivity index is 2.35. The summed E-state index contributed by atoms with van der Waals surface area (Å²) in [5, 5.41) is 10.7. The van der Waals surface area contributed by atoms with Crippen LogP contribution in [0.25, 0.3) is 10.7 Å². The Hall–Kier alpha value is -0.870. The van der Waals surface area contributed by atoms with Crippen molar-refractivity contribution in [1.82, 2.24) is 15.2 Å². The number of H-pyrrole nitrogens is 1. The molecule has 0 fully saturated rings. The molecule has 2 rings (SSSR count). The average molecular weight is 214 g/mol. The normalized spacial score (nSPS) is 10.6. The number of halogens is 1. The third-order valence-electron chi connectivity index (χ3n) is 1.65. The smallest absolute Gasteiger partial charge is 0.164 e. The van der Waals surface area contributed by atoms with Crippen molar-refractivity contribution < 1.29 is 0 Å². The molecule has 0 atom stereocenters. The summed E-state index contributed by atoms with van der Waals surface area (Å²) in [6, 6.07) is 1.85. The summed E-state index contributed by atoms with van der Waals surface area (Å²) in [6.07, 6.45) is 2.66. The molecule has 0 amide bonds. The molecule has 0 spiro atoms. The molecule has 0 aliphatic carbocycles. The van der Waals surface area contributed by atoms with Crippen LogP contribution in [0.4, 0.5) is 0 Å². The largest absolute Gasteiger partial charge is 0.358 e. The predicted molar refractivity (Wildman–Crippen MR) is 54.1 cm³/mol. The maximum atomic E-state index is 5.78. The van der Waals surface area contributed by atoms with Gasteiger partial charge < -0.3 is 4.98 Å². The van der Waals surface area contributed by atoms with Gasteiger partial charge in [-0.1, -0.05) is 29.9 Å². The molecule has 0 aromatic carbocycles. The first kappa shape index (κ1) is 8.72. The zero-order valence-corrected chi connectivity index (χ0v) is 8.61. The molecule has 0 aliphatic heterocycles. The number of hydrogen-bond acceptors (Lipinski definition) is 3. The van der Waals surface area contributed by atoms with E-state index in [9.17, 15) is 0 Å². The zero-order valence-electron chi connectivity index (χ0n) is 7.04. The minimum absolute atomic E-state index is 0.697. The number of hydrogen-bond donors (Lipinski definition) is 1. The molecule has 5 heteroatoms. The Labute approximate surface area is 84.8 Å². The van der Waals surface area contributed by atoms with Crippen molar-refractivity contribution in [2.24, 2.45) is 0 Å². The molecule has 2 aromatic heterocycles. The van der Waals surface area contributed by atoms with Gasteiger partial charge in [0.2, 0.25) is 0 Å². The quantitative estimate of drug-likeness (QED) is 0.834. The van der Waals surface area contributed by atoms with Gasteiger partial charge in [0, 0.05) is 6.20 Å². The van der Waals surface area contributed by atoms with Crippen molar-refractivity contribution in [2.45, 2.75) is 13.3 Å². The fraction of sp³-hybridized carbons (Fsp3) is 0.250. The molecule has 13 heavy (non-hydrogen) atoms. The second-order valence-electron chi connectivity index (χ2n) is 2.59. The van der Waals surface area contributed by atoms with Crippen molar-refractivity contribution in [2.75, 3.05) is 0 Å². The lowest BCUT2D eigenvalue weighted by molar-refractivity contribution is 0.984. The minimum atomic E-state index is 0.697. The van der Waals surface area contributed by atoms with E-state index in [2.05, 4.69) is 22.1 Å². The molecule has 3 nitrogen and oxygen atoms in total. The first-order chi connectivity index (χ1) is 6.29. The van der Waals surface area contributed by atoms with Crippen LogP contribution in [0, 0.1) is 0 Å². The van der Waals surface area contributed by atoms with Crippen LogP contribution in [-0.2, 0) is 6.42 Å². The number of aryl methyl sites for hydroxylation is 1. The summed E-state index contributed by atoms with van der Waals surface area (Å²) in [5.74, 6) is 0. The lowest BCUT2D eigenvalue weighted by atomic mass is 10.5. The van der Waals surface area contributed by atoms with E-state index in [4.69, 9.17) is 11.6 Å².